The lowest BCUT2D eigenvalue weighted by molar-refractivity contribution is -0.131. The van der Waals surface area contributed by atoms with Gasteiger partial charge in [0.2, 0.25) is 23.6 Å². The Hall–Kier alpha value is -3.86. The van der Waals surface area contributed by atoms with Gasteiger partial charge in [0.15, 0.2) is 0 Å². The summed E-state index contributed by atoms with van der Waals surface area (Å²) in [5, 5.41) is 9.31. The summed E-state index contributed by atoms with van der Waals surface area (Å²) in [7, 11) is 0. The number of aliphatic hydroxyl groups is 1. The molecule has 3 aromatic rings. The fourth-order valence-electron chi connectivity index (χ4n) is 8.08. The first-order valence-electron chi connectivity index (χ1n) is 15.1. The highest BCUT2D eigenvalue weighted by atomic mass is 79.9. The summed E-state index contributed by atoms with van der Waals surface area (Å²) in [5.41, 5.74) is 0.756. The first kappa shape index (κ1) is 30.8. The van der Waals surface area contributed by atoms with Gasteiger partial charge in [-0.3, -0.25) is 24.1 Å². The minimum absolute atomic E-state index is 0.0132. The quantitative estimate of drug-likeness (QED) is 0.247. The zero-order valence-electron chi connectivity index (χ0n) is 24.7. The third-order valence-electron chi connectivity index (χ3n) is 10.1. The van der Waals surface area contributed by atoms with Crippen LogP contribution in [0, 0.1) is 34.9 Å². The molecule has 8 nitrogen and oxygen atoms in total. The first-order chi connectivity index (χ1) is 22.1. The lowest BCUT2D eigenvalue weighted by Gasteiger charge is -2.49. The highest BCUT2D eigenvalue weighted by molar-refractivity contribution is 9.10. The number of amides is 4. The summed E-state index contributed by atoms with van der Waals surface area (Å²) in [6.07, 6.45) is 2.43. The molecule has 4 aliphatic rings. The van der Waals surface area contributed by atoms with Crippen LogP contribution in [0.3, 0.4) is 0 Å². The van der Waals surface area contributed by atoms with E-state index >= 15 is 0 Å². The number of anilines is 2. The number of nitrogens with zero attached hydrogens (tertiary/aromatic N) is 2. The number of para-hydroxylation sites is 1. The molecule has 0 radical (unpaired) electrons. The second kappa shape index (κ2) is 11.4. The number of halogens is 3. The Morgan fingerprint density at radius 3 is 2.39 bits per heavy atom. The maximum Gasteiger partial charge on any atom is 0.241 e. The summed E-state index contributed by atoms with van der Waals surface area (Å²) >= 11 is 9.49. The highest BCUT2D eigenvalue weighted by Crippen LogP contribution is 2.64. The fraction of sp³-hybridized carbons (Fsp3) is 0.314. The molecule has 0 unspecified atom stereocenters. The van der Waals surface area contributed by atoms with Crippen LogP contribution in [0.1, 0.15) is 31.2 Å². The largest absolute Gasteiger partial charge is 0.491 e. The number of ether oxygens (including phenoxy) is 1. The van der Waals surface area contributed by atoms with E-state index in [9.17, 15) is 28.7 Å². The van der Waals surface area contributed by atoms with Crippen molar-refractivity contribution in [3.63, 3.8) is 0 Å². The van der Waals surface area contributed by atoms with Gasteiger partial charge in [-0.1, -0.05) is 57.4 Å². The van der Waals surface area contributed by atoms with Gasteiger partial charge in [0, 0.05) is 16.0 Å². The molecule has 2 heterocycles. The molecule has 2 saturated heterocycles. The fourth-order valence-corrected chi connectivity index (χ4v) is 8.52. The van der Waals surface area contributed by atoms with Gasteiger partial charge in [0.25, 0.3) is 0 Å². The summed E-state index contributed by atoms with van der Waals surface area (Å²) in [4.78, 5) is 59.2. The van der Waals surface area contributed by atoms with Crippen LogP contribution in [0.15, 0.2) is 82.9 Å². The predicted molar refractivity (Wildman–Crippen MR) is 172 cm³/mol. The lowest BCUT2D eigenvalue weighted by atomic mass is 9.51. The molecule has 3 aromatic carbocycles. The summed E-state index contributed by atoms with van der Waals surface area (Å²) in [5.74, 6) is -5.24. The molecule has 3 fully saturated rings. The third kappa shape index (κ3) is 4.48. The van der Waals surface area contributed by atoms with Crippen molar-refractivity contribution in [3.8, 4) is 5.75 Å². The zero-order valence-corrected chi connectivity index (χ0v) is 27.0. The van der Waals surface area contributed by atoms with Crippen molar-refractivity contribution < 1.29 is 33.4 Å². The second-order valence-electron chi connectivity index (χ2n) is 12.4. The van der Waals surface area contributed by atoms with Crippen molar-refractivity contribution in [2.45, 2.75) is 25.7 Å². The van der Waals surface area contributed by atoms with E-state index in [1.165, 1.54) is 17.0 Å². The number of hydrogen-bond donors (Lipinski definition) is 1. The van der Waals surface area contributed by atoms with Crippen molar-refractivity contribution in [1.82, 2.24) is 0 Å². The minimum atomic E-state index is -1.32. The Labute approximate surface area is 277 Å². The molecule has 2 aliphatic carbocycles. The van der Waals surface area contributed by atoms with Gasteiger partial charge in [-0.15, -0.1) is 0 Å². The number of aliphatic hydroxyl groups excluding tert-OH is 1. The molecule has 11 heteroatoms. The van der Waals surface area contributed by atoms with Gasteiger partial charge < -0.3 is 9.84 Å². The smallest absolute Gasteiger partial charge is 0.241 e. The number of benzene rings is 3. The van der Waals surface area contributed by atoms with Crippen LogP contribution >= 0.6 is 27.5 Å². The Balaban J connectivity index is 1.37. The molecule has 2 aliphatic heterocycles. The van der Waals surface area contributed by atoms with Crippen LogP contribution in [0.5, 0.6) is 5.75 Å². The van der Waals surface area contributed by atoms with Crippen LogP contribution in [0.2, 0.25) is 5.02 Å². The molecule has 1 saturated carbocycles. The third-order valence-corrected chi connectivity index (χ3v) is 10.9. The number of carbonyl (C=O) groups is 4. The zero-order chi connectivity index (χ0) is 32.5. The van der Waals surface area contributed by atoms with E-state index in [4.69, 9.17) is 16.3 Å². The van der Waals surface area contributed by atoms with Crippen molar-refractivity contribution in [3.05, 3.63) is 99.3 Å². The van der Waals surface area contributed by atoms with Crippen molar-refractivity contribution in [1.29, 1.82) is 0 Å². The summed E-state index contributed by atoms with van der Waals surface area (Å²) in [6.45, 7) is 1.54. The summed E-state index contributed by atoms with van der Waals surface area (Å²) in [6, 6.07) is 17.9. The molecule has 236 valence electrons. The van der Waals surface area contributed by atoms with Gasteiger partial charge in [-0.2, -0.15) is 0 Å². The molecule has 1 N–H and O–H groups in total. The van der Waals surface area contributed by atoms with Crippen LogP contribution in [0.4, 0.5) is 15.8 Å². The van der Waals surface area contributed by atoms with E-state index in [0.29, 0.717) is 23.4 Å². The standard InChI is InChI=1S/C35H29BrClFN2O6/c1-35-25(32(43)40(34(35)45)20-10-13-27(38)26(37)16-20)17-24-21(30(35)22-4-2-3-5-28(22)46-15-14-41)11-12-23-29(24)33(44)39(31(23)42)19-8-6-18(36)7-9-19/h2-11,13,16,23-25,29-30,41H,12,14-15,17H2,1H3/t23-,24+,25-,29-,30+,35+/m0/s1. The Morgan fingerprint density at radius 2 is 1.67 bits per heavy atom. The number of rotatable bonds is 6. The van der Waals surface area contributed by atoms with E-state index in [-0.39, 0.29) is 42.2 Å². The molecule has 46 heavy (non-hydrogen) atoms. The average Bonchev–Trinajstić information content (AvgIpc) is 3.41. The Bertz CT molecular complexity index is 1830. The molecule has 0 bridgehead atoms. The van der Waals surface area contributed by atoms with Gasteiger partial charge in [0.05, 0.1) is 46.2 Å². The van der Waals surface area contributed by atoms with Gasteiger partial charge in [0.1, 0.15) is 18.2 Å². The van der Waals surface area contributed by atoms with Crippen molar-refractivity contribution >= 4 is 62.5 Å². The number of allylic oxidation sites excluding steroid dienone is 2. The van der Waals surface area contributed by atoms with Gasteiger partial charge in [-0.25, -0.2) is 9.29 Å². The van der Waals surface area contributed by atoms with E-state index in [1.54, 1.807) is 43.3 Å². The normalized spacial score (nSPS) is 28.6. The van der Waals surface area contributed by atoms with E-state index < -0.39 is 52.6 Å². The van der Waals surface area contributed by atoms with Crippen LogP contribution in [-0.2, 0) is 19.2 Å². The molecular formula is C35H29BrClFN2O6. The Kier molecular flexibility index (Phi) is 7.65. The van der Waals surface area contributed by atoms with Gasteiger partial charge >= 0.3 is 0 Å². The predicted octanol–water partition coefficient (Wildman–Crippen LogP) is 6.05. The highest BCUT2D eigenvalue weighted by Gasteiger charge is 2.68. The molecule has 7 rings (SSSR count). The lowest BCUT2D eigenvalue weighted by Crippen LogP contribution is -2.49. The Morgan fingerprint density at radius 1 is 0.957 bits per heavy atom. The maximum atomic E-state index is 14.6. The molecular weight excluding hydrogens is 679 g/mol. The SMILES string of the molecule is C[C@@]12C(=O)N(c3ccc(F)c(Cl)c3)C(=O)[C@@H]1C[C@@H]1C(=CC[C@@H]3C(=O)N(c4ccc(Br)cc4)C(=O)[C@@H]31)[C@@H]2c1ccccc1OCCO. The molecule has 6 atom stereocenters. The molecule has 4 amide bonds. The first-order valence-corrected chi connectivity index (χ1v) is 16.2. The van der Waals surface area contributed by atoms with Gasteiger partial charge in [-0.05, 0) is 74.2 Å². The minimum Gasteiger partial charge on any atom is -0.491 e. The number of hydrogen-bond acceptors (Lipinski definition) is 6. The van der Waals surface area contributed by atoms with E-state index in [2.05, 4.69) is 15.9 Å². The number of imide groups is 2. The van der Waals surface area contributed by atoms with Crippen LogP contribution in [-0.4, -0.2) is 41.9 Å². The molecule has 0 spiro atoms. The van der Waals surface area contributed by atoms with Crippen molar-refractivity contribution in [2.24, 2.45) is 29.1 Å². The molecule has 0 aromatic heterocycles. The average molecular weight is 708 g/mol. The van der Waals surface area contributed by atoms with Crippen LogP contribution < -0.4 is 14.5 Å². The number of carbonyl (C=O) groups excluding carboxylic acids is 4. The number of fused-ring (bicyclic) bond motifs is 4. The monoisotopic (exact) mass is 706 g/mol. The summed E-state index contributed by atoms with van der Waals surface area (Å²) < 4.78 is 20.9. The van der Waals surface area contributed by atoms with E-state index in [1.807, 2.05) is 18.2 Å². The van der Waals surface area contributed by atoms with Crippen LogP contribution in [0.25, 0.3) is 0 Å². The maximum absolute atomic E-state index is 14.6. The topological polar surface area (TPSA) is 104 Å². The van der Waals surface area contributed by atoms with E-state index in [0.717, 1.165) is 21.0 Å². The second-order valence-corrected chi connectivity index (χ2v) is 13.7. The van der Waals surface area contributed by atoms with Crippen molar-refractivity contribution in [2.75, 3.05) is 23.0 Å².